The highest BCUT2D eigenvalue weighted by molar-refractivity contribution is 5.77. The summed E-state index contributed by atoms with van der Waals surface area (Å²) < 4.78 is 0. The van der Waals surface area contributed by atoms with Crippen LogP contribution < -0.4 is 5.73 Å². The molecule has 0 saturated heterocycles. The standard InChI is InChI=1S/C8H8N4/c1-5-3-2-4-6-7(5)10-8(9)12-11-6/h2-4H,1H3,(H2,9,10,12). The van der Waals surface area contributed by atoms with Crippen LogP contribution in [0.5, 0.6) is 0 Å². The van der Waals surface area contributed by atoms with Crippen LogP contribution in [-0.4, -0.2) is 15.2 Å². The molecule has 0 saturated carbocycles. The van der Waals surface area contributed by atoms with Crippen molar-refractivity contribution in [1.29, 1.82) is 0 Å². The summed E-state index contributed by atoms with van der Waals surface area (Å²) >= 11 is 0. The van der Waals surface area contributed by atoms with E-state index in [0.29, 0.717) is 0 Å². The number of aryl methyl sites for hydroxylation is 1. The summed E-state index contributed by atoms with van der Waals surface area (Å²) in [6.45, 7) is 1.97. The molecule has 1 aromatic carbocycles. The number of nitrogens with zero attached hydrogens (tertiary/aromatic N) is 3. The minimum Gasteiger partial charge on any atom is -0.366 e. The summed E-state index contributed by atoms with van der Waals surface area (Å²) in [5.74, 6) is 0.219. The Morgan fingerprint density at radius 1 is 1.25 bits per heavy atom. The Kier molecular flexibility index (Phi) is 1.40. The Balaban J connectivity index is 2.88. The lowest BCUT2D eigenvalue weighted by Gasteiger charge is -1.98. The first-order valence-corrected chi connectivity index (χ1v) is 3.63. The van der Waals surface area contributed by atoms with Crippen LogP contribution in [0.2, 0.25) is 0 Å². The van der Waals surface area contributed by atoms with Gasteiger partial charge in [-0.3, -0.25) is 0 Å². The molecule has 0 fully saturated rings. The lowest BCUT2D eigenvalue weighted by molar-refractivity contribution is 1.04. The molecule has 0 spiro atoms. The van der Waals surface area contributed by atoms with E-state index in [1.54, 1.807) is 0 Å². The van der Waals surface area contributed by atoms with E-state index in [4.69, 9.17) is 5.73 Å². The first-order valence-electron chi connectivity index (χ1n) is 3.63. The number of nitrogen functional groups attached to an aromatic ring is 1. The zero-order valence-electron chi connectivity index (χ0n) is 6.65. The molecule has 60 valence electrons. The second-order valence-electron chi connectivity index (χ2n) is 2.61. The van der Waals surface area contributed by atoms with Gasteiger partial charge in [-0.05, 0) is 18.6 Å². The second kappa shape index (κ2) is 2.41. The van der Waals surface area contributed by atoms with Gasteiger partial charge < -0.3 is 5.73 Å². The average Bonchev–Trinajstić information content (AvgIpc) is 2.07. The molecular formula is C8H8N4. The summed E-state index contributed by atoms with van der Waals surface area (Å²) in [6.07, 6.45) is 0. The van der Waals surface area contributed by atoms with Crippen molar-refractivity contribution in [2.75, 3.05) is 5.73 Å². The summed E-state index contributed by atoms with van der Waals surface area (Å²) in [5, 5.41) is 7.57. The fourth-order valence-electron chi connectivity index (χ4n) is 1.11. The van der Waals surface area contributed by atoms with E-state index in [1.165, 1.54) is 0 Å². The van der Waals surface area contributed by atoms with Crippen molar-refractivity contribution in [3.05, 3.63) is 23.8 Å². The number of para-hydroxylation sites is 1. The zero-order chi connectivity index (χ0) is 8.55. The molecule has 0 unspecified atom stereocenters. The number of benzene rings is 1. The fraction of sp³-hybridized carbons (Fsp3) is 0.125. The quantitative estimate of drug-likeness (QED) is 0.622. The molecule has 0 aliphatic heterocycles. The van der Waals surface area contributed by atoms with Gasteiger partial charge in [0.1, 0.15) is 5.52 Å². The van der Waals surface area contributed by atoms with Crippen LogP contribution in [0.3, 0.4) is 0 Å². The number of fused-ring (bicyclic) bond motifs is 1. The Morgan fingerprint density at radius 2 is 2.08 bits per heavy atom. The third kappa shape index (κ3) is 0.972. The largest absolute Gasteiger partial charge is 0.366 e. The minimum atomic E-state index is 0.219. The maximum Gasteiger partial charge on any atom is 0.240 e. The molecule has 0 aliphatic rings. The van der Waals surface area contributed by atoms with Crippen molar-refractivity contribution in [2.45, 2.75) is 6.92 Å². The molecule has 12 heavy (non-hydrogen) atoms. The van der Waals surface area contributed by atoms with Crippen molar-refractivity contribution < 1.29 is 0 Å². The van der Waals surface area contributed by atoms with E-state index >= 15 is 0 Å². The molecule has 0 aliphatic carbocycles. The van der Waals surface area contributed by atoms with E-state index in [-0.39, 0.29) is 5.95 Å². The predicted molar refractivity (Wildman–Crippen MR) is 46.5 cm³/mol. The maximum atomic E-state index is 5.41. The van der Waals surface area contributed by atoms with Gasteiger partial charge in [0.25, 0.3) is 0 Å². The number of anilines is 1. The van der Waals surface area contributed by atoms with Gasteiger partial charge in [0.15, 0.2) is 0 Å². The van der Waals surface area contributed by atoms with Gasteiger partial charge >= 0.3 is 0 Å². The molecule has 4 nitrogen and oxygen atoms in total. The highest BCUT2D eigenvalue weighted by Gasteiger charge is 1.99. The Morgan fingerprint density at radius 3 is 2.92 bits per heavy atom. The third-order valence-corrected chi connectivity index (χ3v) is 1.70. The van der Waals surface area contributed by atoms with E-state index in [1.807, 2.05) is 25.1 Å². The van der Waals surface area contributed by atoms with Crippen molar-refractivity contribution >= 4 is 17.0 Å². The number of rotatable bonds is 0. The van der Waals surface area contributed by atoms with Gasteiger partial charge in [-0.15, -0.1) is 10.2 Å². The molecule has 0 atom stereocenters. The van der Waals surface area contributed by atoms with Crippen molar-refractivity contribution in [3.63, 3.8) is 0 Å². The van der Waals surface area contributed by atoms with Crippen LogP contribution in [0.15, 0.2) is 18.2 Å². The Bertz CT molecular complexity index is 424. The van der Waals surface area contributed by atoms with Crippen LogP contribution in [0.4, 0.5) is 5.95 Å². The van der Waals surface area contributed by atoms with Gasteiger partial charge in [0, 0.05) is 0 Å². The fourth-order valence-corrected chi connectivity index (χ4v) is 1.11. The molecule has 1 aromatic heterocycles. The number of aromatic nitrogens is 3. The van der Waals surface area contributed by atoms with Crippen LogP contribution in [0.1, 0.15) is 5.56 Å². The van der Waals surface area contributed by atoms with Gasteiger partial charge in [-0.25, -0.2) is 4.98 Å². The predicted octanol–water partition coefficient (Wildman–Crippen LogP) is 0.915. The molecule has 2 aromatic rings. The molecule has 4 heteroatoms. The normalized spacial score (nSPS) is 10.4. The third-order valence-electron chi connectivity index (χ3n) is 1.70. The molecule has 0 radical (unpaired) electrons. The molecule has 1 heterocycles. The first kappa shape index (κ1) is 6.97. The molecule has 0 amide bonds. The van der Waals surface area contributed by atoms with Crippen LogP contribution in [0.25, 0.3) is 11.0 Å². The monoisotopic (exact) mass is 160 g/mol. The van der Waals surface area contributed by atoms with E-state index in [0.717, 1.165) is 16.6 Å². The summed E-state index contributed by atoms with van der Waals surface area (Å²) in [5.41, 5.74) is 8.08. The van der Waals surface area contributed by atoms with Crippen LogP contribution in [0, 0.1) is 6.92 Å². The smallest absolute Gasteiger partial charge is 0.240 e. The van der Waals surface area contributed by atoms with Gasteiger partial charge in [0.05, 0.1) is 5.52 Å². The van der Waals surface area contributed by atoms with Gasteiger partial charge in [-0.1, -0.05) is 12.1 Å². The summed E-state index contributed by atoms with van der Waals surface area (Å²) in [6, 6.07) is 5.75. The van der Waals surface area contributed by atoms with Gasteiger partial charge in [-0.2, -0.15) is 0 Å². The lowest BCUT2D eigenvalue weighted by Crippen LogP contribution is -1.98. The van der Waals surface area contributed by atoms with E-state index in [2.05, 4.69) is 15.2 Å². The Labute approximate surface area is 69.4 Å². The average molecular weight is 160 g/mol. The summed E-state index contributed by atoms with van der Waals surface area (Å²) in [7, 11) is 0. The number of hydrogen-bond acceptors (Lipinski definition) is 4. The van der Waals surface area contributed by atoms with Crippen molar-refractivity contribution in [1.82, 2.24) is 15.2 Å². The van der Waals surface area contributed by atoms with Crippen LogP contribution >= 0.6 is 0 Å². The molecule has 0 bridgehead atoms. The van der Waals surface area contributed by atoms with Gasteiger partial charge in [0.2, 0.25) is 5.95 Å². The number of nitrogens with two attached hydrogens (primary N) is 1. The van der Waals surface area contributed by atoms with E-state index < -0.39 is 0 Å². The zero-order valence-corrected chi connectivity index (χ0v) is 6.65. The summed E-state index contributed by atoms with van der Waals surface area (Å²) in [4.78, 5) is 4.08. The minimum absolute atomic E-state index is 0.219. The van der Waals surface area contributed by atoms with Crippen LogP contribution in [-0.2, 0) is 0 Å². The maximum absolute atomic E-state index is 5.41. The van der Waals surface area contributed by atoms with E-state index in [9.17, 15) is 0 Å². The topological polar surface area (TPSA) is 64.7 Å². The van der Waals surface area contributed by atoms with Crippen molar-refractivity contribution in [3.8, 4) is 0 Å². The first-order chi connectivity index (χ1) is 5.77. The molecule has 2 N–H and O–H groups in total. The highest BCUT2D eigenvalue weighted by atomic mass is 15.2. The number of hydrogen-bond donors (Lipinski definition) is 1. The molecular weight excluding hydrogens is 152 g/mol. The highest BCUT2D eigenvalue weighted by Crippen LogP contribution is 2.12. The Hall–Kier alpha value is -1.71. The second-order valence-corrected chi connectivity index (χ2v) is 2.61. The molecule has 2 rings (SSSR count). The van der Waals surface area contributed by atoms with Crippen molar-refractivity contribution in [2.24, 2.45) is 0 Å². The lowest BCUT2D eigenvalue weighted by atomic mass is 10.2. The SMILES string of the molecule is Cc1cccc2nnc(N)nc12.